The maximum absolute atomic E-state index is 5.60. The fraction of sp³-hybridized carbons (Fsp3) is 0.727. The Balaban J connectivity index is 2.36. The Kier molecular flexibility index (Phi) is 2.87. The van der Waals surface area contributed by atoms with E-state index in [1.165, 1.54) is 36.5 Å². The van der Waals surface area contributed by atoms with Gasteiger partial charge in [0, 0.05) is 25.1 Å². The van der Waals surface area contributed by atoms with Gasteiger partial charge in [-0.15, -0.1) is 0 Å². The van der Waals surface area contributed by atoms with Gasteiger partial charge in [0.1, 0.15) is 5.82 Å². The molecule has 0 aromatic carbocycles. The van der Waals surface area contributed by atoms with Crippen molar-refractivity contribution in [3.63, 3.8) is 0 Å². The van der Waals surface area contributed by atoms with Crippen LogP contribution in [0.5, 0.6) is 0 Å². The molecule has 2 heterocycles. The summed E-state index contributed by atoms with van der Waals surface area (Å²) < 4.78 is 2.41. The first-order valence-electron chi connectivity index (χ1n) is 5.64. The Labute approximate surface area is 85.3 Å². The smallest absolute Gasteiger partial charge is 0.108 e. The normalized spacial score (nSPS) is 15.6. The van der Waals surface area contributed by atoms with E-state index in [0.29, 0.717) is 6.54 Å². The molecule has 0 aliphatic carbocycles. The third kappa shape index (κ3) is 1.57. The molecule has 0 atom stereocenters. The molecule has 2 rings (SSSR count). The quantitative estimate of drug-likeness (QED) is 0.786. The van der Waals surface area contributed by atoms with Crippen LogP contribution in [0.15, 0.2) is 0 Å². The van der Waals surface area contributed by atoms with Gasteiger partial charge in [0.25, 0.3) is 0 Å². The molecule has 78 valence electrons. The molecule has 0 unspecified atom stereocenters. The Morgan fingerprint density at radius 3 is 3.00 bits per heavy atom. The van der Waals surface area contributed by atoms with Crippen molar-refractivity contribution >= 4 is 0 Å². The third-order valence-corrected chi connectivity index (χ3v) is 2.98. The number of aryl methyl sites for hydroxylation is 1. The van der Waals surface area contributed by atoms with Crippen LogP contribution in [-0.4, -0.2) is 16.1 Å². The summed E-state index contributed by atoms with van der Waals surface area (Å²) >= 11 is 0. The highest BCUT2D eigenvalue weighted by Gasteiger charge is 2.17. The number of fused-ring (bicyclic) bond motifs is 1. The highest BCUT2D eigenvalue weighted by Crippen LogP contribution is 2.21. The van der Waals surface area contributed by atoms with E-state index in [2.05, 4.69) is 16.5 Å². The predicted molar refractivity (Wildman–Crippen MR) is 57.3 cm³/mol. The van der Waals surface area contributed by atoms with Gasteiger partial charge in [0.2, 0.25) is 0 Å². The van der Waals surface area contributed by atoms with Crippen LogP contribution in [0.25, 0.3) is 0 Å². The van der Waals surface area contributed by atoms with Gasteiger partial charge in [-0.1, -0.05) is 6.92 Å². The van der Waals surface area contributed by atoms with Gasteiger partial charge in [-0.25, -0.2) is 4.98 Å². The number of rotatable bonds is 3. The fourth-order valence-corrected chi connectivity index (χ4v) is 2.30. The number of hydrogen-bond donors (Lipinski definition) is 1. The number of imidazole rings is 1. The molecule has 3 nitrogen and oxygen atoms in total. The van der Waals surface area contributed by atoms with E-state index < -0.39 is 0 Å². The van der Waals surface area contributed by atoms with E-state index in [0.717, 1.165) is 19.4 Å². The van der Waals surface area contributed by atoms with Crippen LogP contribution in [0.4, 0.5) is 0 Å². The van der Waals surface area contributed by atoms with Crippen molar-refractivity contribution in [2.45, 2.75) is 45.6 Å². The Hall–Kier alpha value is -0.830. The fourth-order valence-electron chi connectivity index (χ4n) is 2.30. The second kappa shape index (κ2) is 4.13. The lowest BCUT2D eigenvalue weighted by Gasteiger charge is -2.16. The van der Waals surface area contributed by atoms with Crippen LogP contribution >= 0.6 is 0 Å². The monoisotopic (exact) mass is 193 g/mol. The molecule has 3 heteroatoms. The van der Waals surface area contributed by atoms with E-state index in [1.54, 1.807) is 0 Å². The average Bonchev–Trinajstić information content (AvgIpc) is 2.58. The summed E-state index contributed by atoms with van der Waals surface area (Å²) in [6.07, 6.45) is 5.79. The summed E-state index contributed by atoms with van der Waals surface area (Å²) in [6, 6.07) is 0. The SMILES string of the molecule is CCc1nc(CCN)c2n1CCCC2. The lowest BCUT2D eigenvalue weighted by molar-refractivity contribution is 0.514. The standard InChI is InChI=1S/C11H19N3/c1-2-11-13-9(6-7-12)10-5-3-4-8-14(10)11/h2-8,12H2,1H3. The van der Waals surface area contributed by atoms with Crippen molar-refractivity contribution in [1.82, 2.24) is 9.55 Å². The van der Waals surface area contributed by atoms with Crippen LogP contribution in [-0.2, 0) is 25.8 Å². The van der Waals surface area contributed by atoms with Crippen molar-refractivity contribution in [3.8, 4) is 0 Å². The molecule has 0 radical (unpaired) electrons. The first-order chi connectivity index (χ1) is 6.86. The topological polar surface area (TPSA) is 43.8 Å². The van der Waals surface area contributed by atoms with Crippen molar-refractivity contribution < 1.29 is 0 Å². The van der Waals surface area contributed by atoms with Gasteiger partial charge in [-0.2, -0.15) is 0 Å². The van der Waals surface area contributed by atoms with E-state index >= 15 is 0 Å². The highest BCUT2D eigenvalue weighted by atomic mass is 15.1. The molecule has 1 aromatic heterocycles. The summed E-state index contributed by atoms with van der Waals surface area (Å²) in [6.45, 7) is 4.06. The molecule has 2 N–H and O–H groups in total. The lowest BCUT2D eigenvalue weighted by atomic mass is 10.1. The highest BCUT2D eigenvalue weighted by molar-refractivity contribution is 5.19. The molecule has 0 saturated heterocycles. The lowest BCUT2D eigenvalue weighted by Crippen LogP contribution is -2.14. The second-order valence-corrected chi connectivity index (χ2v) is 3.92. The zero-order valence-electron chi connectivity index (χ0n) is 8.92. The number of nitrogens with zero attached hydrogens (tertiary/aromatic N) is 2. The van der Waals surface area contributed by atoms with Gasteiger partial charge in [0.05, 0.1) is 5.69 Å². The second-order valence-electron chi connectivity index (χ2n) is 3.92. The zero-order chi connectivity index (χ0) is 9.97. The molecule has 1 aliphatic heterocycles. The number of nitrogens with two attached hydrogens (primary N) is 1. The Morgan fingerprint density at radius 2 is 2.29 bits per heavy atom. The molecule has 0 saturated carbocycles. The molecule has 0 amide bonds. The van der Waals surface area contributed by atoms with Crippen LogP contribution in [0.2, 0.25) is 0 Å². The molecule has 1 aromatic rings. The first kappa shape index (κ1) is 9.71. The molecule has 14 heavy (non-hydrogen) atoms. The maximum atomic E-state index is 5.60. The molecular formula is C11H19N3. The van der Waals surface area contributed by atoms with Gasteiger partial charge in [-0.05, 0) is 25.8 Å². The maximum Gasteiger partial charge on any atom is 0.108 e. The Morgan fingerprint density at radius 1 is 1.43 bits per heavy atom. The van der Waals surface area contributed by atoms with Crippen molar-refractivity contribution in [2.75, 3.05) is 6.54 Å². The molecule has 0 fully saturated rings. The van der Waals surface area contributed by atoms with Crippen molar-refractivity contribution in [3.05, 3.63) is 17.2 Å². The zero-order valence-corrected chi connectivity index (χ0v) is 8.92. The van der Waals surface area contributed by atoms with Crippen LogP contribution in [0.3, 0.4) is 0 Å². The van der Waals surface area contributed by atoms with Crippen LogP contribution in [0, 0.1) is 0 Å². The number of hydrogen-bond acceptors (Lipinski definition) is 2. The van der Waals surface area contributed by atoms with Gasteiger partial charge >= 0.3 is 0 Å². The molecule has 0 spiro atoms. The number of aromatic nitrogens is 2. The minimum atomic E-state index is 0.715. The van der Waals surface area contributed by atoms with Crippen LogP contribution in [0.1, 0.15) is 37.0 Å². The van der Waals surface area contributed by atoms with Crippen LogP contribution < -0.4 is 5.73 Å². The summed E-state index contributed by atoms with van der Waals surface area (Å²) in [7, 11) is 0. The van der Waals surface area contributed by atoms with E-state index in [9.17, 15) is 0 Å². The van der Waals surface area contributed by atoms with E-state index in [1.807, 2.05) is 0 Å². The third-order valence-electron chi connectivity index (χ3n) is 2.98. The van der Waals surface area contributed by atoms with E-state index in [4.69, 9.17) is 5.73 Å². The minimum Gasteiger partial charge on any atom is -0.332 e. The summed E-state index contributed by atoms with van der Waals surface area (Å²) in [5.74, 6) is 1.25. The predicted octanol–water partition coefficient (Wildman–Crippen LogP) is 1.28. The minimum absolute atomic E-state index is 0.715. The van der Waals surface area contributed by atoms with Crippen molar-refractivity contribution in [1.29, 1.82) is 0 Å². The molecular weight excluding hydrogens is 174 g/mol. The Bertz CT molecular complexity index is 315. The molecule has 0 bridgehead atoms. The first-order valence-corrected chi connectivity index (χ1v) is 5.64. The summed E-state index contributed by atoms with van der Waals surface area (Å²) in [4.78, 5) is 4.68. The summed E-state index contributed by atoms with van der Waals surface area (Å²) in [5.41, 5.74) is 8.31. The van der Waals surface area contributed by atoms with Crippen molar-refractivity contribution in [2.24, 2.45) is 5.73 Å². The van der Waals surface area contributed by atoms with E-state index in [-0.39, 0.29) is 0 Å². The largest absolute Gasteiger partial charge is 0.332 e. The van der Waals surface area contributed by atoms with Gasteiger partial charge < -0.3 is 10.3 Å². The van der Waals surface area contributed by atoms with Gasteiger partial charge in [0.15, 0.2) is 0 Å². The van der Waals surface area contributed by atoms with Gasteiger partial charge in [-0.3, -0.25) is 0 Å². The molecule has 1 aliphatic rings. The summed E-state index contributed by atoms with van der Waals surface area (Å²) in [5, 5.41) is 0. The average molecular weight is 193 g/mol.